The van der Waals surface area contributed by atoms with Crippen molar-refractivity contribution in [3.05, 3.63) is 78.4 Å². The number of aromatic nitrogens is 6. The van der Waals surface area contributed by atoms with Crippen LogP contribution in [0.1, 0.15) is 25.5 Å². The van der Waals surface area contributed by atoms with Gasteiger partial charge in [-0.05, 0) is 61.7 Å². The van der Waals surface area contributed by atoms with Crippen molar-refractivity contribution in [1.29, 1.82) is 0 Å². The Morgan fingerprint density at radius 1 is 1.11 bits per heavy atom. The predicted octanol–water partition coefficient (Wildman–Crippen LogP) is 4.02. The van der Waals surface area contributed by atoms with E-state index in [1.54, 1.807) is 27.7 Å². The highest BCUT2D eigenvalue weighted by atomic mass is 32.2. The lowest BCUT2D eigenvalue weighted by Crippen LogP contribution is -2.31. The number of aryl methyl sites for hydroxylation is 1. The Kier molecular flexibility index (Phi) is 5.66. The standard InChI is InChI=1S/C25H21F2N7O2S/c1-2-33-13-21(30-32-33)15-3-6-22-20(9-15)28-14-34(22)24-11-16(18-5-4-17(26)12-19(18)27)10-23(29-24)25(7-8-25)31-37(35)36/h3-6,9-14,31H,2,7-8H2,1H3,(H,35,36)/p-1. The molecule has 1 unspecified atom stereocenters. The SMILES string of the molecule is CCn1cc(-c2ccc3c(c2)ncn3-c2cc(-c3ccc(F)cc3F)cc(C3(NS(=O)[O-])CC3)n2)nn1. The van der Waals surface area contributed by atoms with E-state index in [4.69, 9.17) is 4.98 Å². The predicted molar refractivity (Wildman–Crippen MR) is 132 cm³/mol. The maximum absolute atomic E-state index is 14.7. The smallest absolute Gasteiger partial charge is 0.139 e. The molecule has 1 N–H and O–H groups in total. The fourth-order valence-corrected chi connectivity index (χ4v) is 5.03. The molecule has 0 amide bonds. The van der Waals surface area contributed by atoms with Crippen molar-refractivity contribution >= 4 is 22.3 Å². The Balaban J connectivity index is 1.48. The third-order valence-corrected chi connectivity index (χ3v) is 7.08. The molecule has 12 heteroatoms. The summed E-state index contributed by atoms with van der Waals surface area (Å²) in [5.74, 6) is -0.991. The molecule has 1 fully saturated rings. The van der Waals surface area contributed by atoms with Gasteiger partial charge in [-0.2, -0.15) is 0 Å². The molecule has 1 saturated carbocycles. The monoisotopic (exact) mass is 520 g/mol. The molecular formula is C25H20F2N7O2S-. The topological polar surface area (TPSA) is 114 Å². The van der Waals surface area contributed by atoms with Gasteiger partial charge in [-0.1, -0.05) is 11.3 Å². The fourth-order valence-electron chi connectivity index (χ4n) is 4.40. The van der Waals surface area contributed by atoms with Crippen LogP contribution in [-0.2, 0) is 23.4 Å². The van der Waals surface area contributed by atoms with Gasteiger partial charge in [0.2, 0.25) is 0 Å². The highest BCUT2D eigenvalue weighted by molar-refractivity contribution is 7.77. The number of imidazole rings is 1. The van der Waals surface area contributed by atoms with E-state index in [9.17, 15) is 17.5 Å². The highest BCUT2D eigenvalue weighted by Crippen LogP contribution is 2.46. The van der Waals surface area contributed by atoms with Gasteiger partial charge in [-0.15, -0.1) is 5.10 Å². The first kappa shape index (κ1) is 23.5. The molecule has 37 heavy (non-hydrogen) atoms. The quantitative estimate of drug-likeness (QED) is 0.324. The van der Waals surface area contributed by atoms with E-state index in [0.717, 1.165) is 22.8 Å². The van der Waals surface area contributed by atoms with Gasteiger partial charge in [0.15, 0.2) is 0 Å². The molecule has 0 spiro atoms. The van der Waals surface area contributed by atoms with Gasteiger partial charge in [0.1, 0.15) is 29.5 Å². The number of rotatable bonds is 7. The largest absolute Gasteiger partial charge is 0.760 e. The summed E-state index contributed by atoms with van der Waals surface area (Å²) in [6.07, 6.45) is 4.56. The van der Waals surface area contributed by atoms with Crippen molar-refractivity contribution in [3.8, 4) is 28.2 Å². The fraction of sp³-hybridized carbons (Fsp3) is 0.200. The number of hydrogen-bond acceptors (Lipinski definition) is 6. The third-order valence-electron chi connectivity index (χ3n) is 6.53. The Hall–Kier alpha value is -3.87. The van der Waals surface area contributed by atoms with E-state index in [-0.39, 0.29) is 5.56 Å². The van der Waals surface area contributed by atoms with E-state index < -0.39 is 28.4 Å². The van der Waals surface area contributed by atoms with E-state index in [1.807, 2.05) is 31.3 Å². The van der Waals surface area contributed by atoms with Crippen LogP contribution in [0.25, 0.3) is 39.2 Å². The highest BCUT2D eigenvalue weighted by Gasteiger charge is 2.46. The third kappa shape index (κ3) is 4.32. The van der Waals surface area contributed by atoms with Crippen LogP contribution in [0.15, 0.2) is 61.1 Å². The van der Waals surface area contributed by atoms with Crippen LogP contribution < -0.4 is 4.72 Å². The number of nitrogens with zero attached hydrogens (tertiary/aromatic N) is 6. The molecule has 1 atom stereocenters. The number of halogens is 2. The number of pyridine rings is 1. The first-order valence-electron chi connectivity index (χ1n) is 11.6. The second-order valence-corrected chi connectivity index (χ2v) is 9.59. The molecule has 0 bridgehead atoms. The molecule has 3 heterocycles. The van der Waals surface area contributed by atoms with Gasteiger partial charge >= 0.3 is 0 Å². The summed E-state index contributed by atoms with van der Waals surface area (Å²) in [5.41, 5.74) is 3.20. The number of fused-ring (bicyclic) bond motifs is 1. The van der Waals surface area contributed by atoms with Crippen molar-refractivity contribution in [2.24, 2.45) is 0 Å². The molecule has 188 valence electrons. The molecule has 1 aliphatic carbocycles. The van der Waals surface area contributed by atoms with E-state index in [1.165, 1.54) is 12.1 Å². The number of hydrogen-bond donors (Lipinski definition) is 1. The second-order valence-electron chi connectivity index (χ2n) is 8.92. The first-order chi connectivity index (χ1) is 17.8. The Morgan fingerprint density at radius 3 is 2.65 bits per heavy atom. The molecule has 2 aromatic carbocycles. The maximum Gasteiger partial charge on any atom is 0.139 e. The summed E-state index contributed by atoms with van der Waals surface area (Å²) >= 11 is -2.51. The van der Waals surface area contributed by atoms with Crippen LogP contribution in [0.3, 0.4) is 0 Å². The Labute approximate surface area is 212 Å². The Bertz CT molecular complexity index is 1680. The second kappa shape index (κ2) is 8.91. The van der Waals surface area contributed by atoms with Gasteiger partial charge < -0.3 is 4.55 Å². The zero-order valence-corrected chi connectivity index (χ0v) is 20.4. The summed E-state index contributed by atoms with van der Waals surface area (Å²) in [6.45, 7) is 2.69. The van der Waals surface area contributed by atoms with Gasteiger partial charge in [0, 0.05) is 35.0 Å². The van der Waals surface area contributed by atoms with Crippen molar-refractivity contribution in [2.45, 2.75) is 31.8 Å². The van der Waals surface area contributed by atoms with Gasteiger partial charge in [0.05, 0.1) is 28.5 Å². The van der Waals surface area contributed by atoms with Crippen LogP contribution in [-0.4, -0.2) is 38.3 Å². The molecule has 1 aliphatic rings. The lowest BCUT2D eigenvalue weighted by molar-refractivity contribution is 0.498. The minimum Gasteiger partial charge on any atom is -0.760 e. The summed E-state index contributed by atoms with van der Waals surface area (Å²) in [6, 6.07) is 12.3. The summed E-state index contributed by atoms with van der Waals surface area (Å²) < 4.78 is 57.3. The lowest BCUT2D eigenvalue weighted by Gasteiger charge is -2.20. The molecule has 0 saturated heterocycles. The van der Waals surface area contributed by atoms with Crippen LogP contribution in [0, 0.1) is 11.6 Å². The molecule has 9 nitrogen and oxygen atoms in total. The van der Waals surface area contributed by atoms with Crippen molar-refractivity contribution in [1.82, 2.24) is 34.3 Å². The molecule has 5 aromatic rings. The lowest BCUT2D eigenvalue weighted by atomic mass is 10.0. The van der Waals surface area contributed by atoms with E-state index in [0.29, 0.717) is 42.0 Å². The van der Waals surface area contributed by atoms with Crippen molar-refractivity contribution in [3.63, 3.8) is 0 Å². The zero-order valence-electron chi connectivity index (χ0n) is 19.6. The van der Waals surface area contributed by atoms with Crippen LogP contribution in [0.2, 0.25) is 0 Å². The van der Waals surface area contributed by atoms with E-state index in [2.05, 4.69) is 20.0 Å². The summed E-state index contributed by atoms with van der Waals surface area (Å²) in [5, 5.41) is 8.29. The summed E-state index contributed by atoms with van der Waals surface area (Å²) in [7, 11) is 0. The normalized spacial score (nSPS) is 15.2. The van der Waals surface area contributed by atoms with Crippen molar-refractivity contribution < 1.29 is 17.5 Å². The van der Waals surface area contributed by atoms with Crippen LogP contribution in [0.4, 0.5) is 8.78 Å². The first-order valence-corrected chi connectivity index (χ1v) is 12.7. The average Bonchev–Trinajstić information content (AvgIpc) is 3.30. The molecule has 3 aromatic heterocycles. The Morgan fingerprint density at radius 2 is 1.95 bits per heavy atom. The molecule has 0 radical (unpaired) electrons. The molecule has 0 aliphatic heterocycles. The molecule has 6 rings (SSSR count). The number of benzene rings is 2. The summed E-state index contributed by atoms with van der Waals surface area (Å²) in [4.78, 5) is 9.27. The van der Waals surface area contributed by atoms with Crippen LogP contribution in [0.5, 0.6) is 0 Å². The van der Waals surface area contributed by atoms with E-state index >= 15 is 0 Å². The number of nitrogens with one attached hydrogen (secondary N) is 1. The van der Waals surface area contributed by atoms with Gasteiger partial charge in [-0.3, -0.25) is 13.5 Å². The van der Waals surface area contributed by atoms with Gasteiger partial charge in [0.25, 0.3) is 0 Å². The van der Waals surface area contributed by atoms with Gasteiger partial charge in [-0.25, -0.2) is 23.5 Å². The van der Waals surface area contributed by atoms with Crippen molar-refractivity contribution in [2.75, 3.05) is 0 Å². The minimum atomic E-state index is -2.51. The average molecular weight is 521 g/mol. The molecular weight excluding hydrogens is 500 g/mol. The maximum atomic E-state index is 14.7. The van der Waals surface area contributed by atoms with Crippen LogP contribution >= 0.6 is 0 Å². The minimum absolute atomic E-state index is 0.177. The zero-order chi connectivity index (χ0) is 25.7.